The van der Waals surface area contributed by atoms with Crippen molar-refractivity contribution in [3.63, 3.8) is 0 Å². The molecule has 0 heterocycles. The summed E-state index contributed by atoms with van der Waals surface area (Å²) in [6.45, 7) is -0.200. The number of rotatable bonds is 3. The van der Waals surface area contributed by atoms with Gasteiger partial charge in [0, 0.05) is 0 Å². The lowest BCUT2D eigenvalue weighted by Gasteiger charge is -2.29. The Hall–Kier alpha value is -2.40. The van der Waals surface area contributed by atoms with E-state index < -0.39 is 17.4 Å². The third-order valence-corrected chi connectivity index (χ3v) is 4.10. The van der Waals surface area contributed by atoms with Crippen LogP contribution in [0.2, 0.25) is 0 Å². The number of halogens is 1. The predicted octanol–water partition coefficient (Wildman–Crippen LogP) is 2.78. The number of aliphatic hydroxyl groups excluding tert-OH is 1. The Labute approximate surface area is 128 Å². The highest BCUT2D eigenvalue weighted by atomic mass is 19.1. The van der Waals surface area contributed by atoms with Gasteiger partial charge in [0.25, 0.3) is 0 Å². The Morgan fingerprint density at radius 3 is 2.68 bits per heavy atom. The largest absolute Gasteiger partial charge is 0.394 e. The number of hydrogen-bond acceptors (Lipinski definition) is 2. The minimum atomic E-state index is -0.814. The zero-order valence-electron chi connectivity index (χ0n) is 12.0. The van der Waals surface area contributed by atoms with Crippen molar-refractivity contribution in [1.29, 1.82) is 0 Å². The molecule has 2 aromatic carbocycles. The van der Waals surface area contributed by atoms with Gasteiger partial charge in [-0.15, -0.1) is 0 Å². The van der Waals surface area contributed by atoms with Crippen LogP contribution in [0.25, 0.3) is 0 Å². The van der Waals surface area contributed by atoms with Crippen LogP contribution in [0, 0.1) is 5.82 Å². The fourth-order valence-corrected chi connectivity index (χ4v) is 2.95. The predicted molar refractivity (Wildman–Crippen MR) is 82.1 cm³/mol. The SMILES string of the molecule is O=C(Nc1ccccc1F)NC1(CO)CCc2ccccc21. The second kappa shape index (κ2) is 5.77. The summed E-state index contributed by atoms with van der Waals surface area (Å²) in [6, 6.07) is 13.1. The Morgan fingerprint density at radius 1 is 1.18 bits per heavy atom. The Bertz CT molecular complexity index is 705. The summed E-state index contributed by atoms with van der Waals surface area (Å²) >= 11 is 0. The molecule has 0 saturated heterocycles. The smallest absolute Gasteiger partial charge is 0.320 e. The maximum Gasteiger partial charge on any atom is 0.320 e. The van der Waals surface area contributed by atoms with Crippen molar-refractivity contribution in [3.8, 4) is 0 Å². The second-order valence-corrected chi connectivity index (χ2v) is 5.46. The molecule has 0 saturated carbocycles. The number of amides is 2. The second-order valence-electron chi connectivity index (χ2n) is 5.46. The molecular formula is C17H17FN2O2. The molecule has 0 aromatic heterocycles. The van der Waals surface area contributed by atoms with Gasteiger partial charge in [-0.2, -0.15) is 0 Å². The van der Waals surface area contributed by atoms with Crippen molar-refractivity contribution in [1.82, 2.24) is 5.32 Å². The van der Waals surface area contributed by atoms with Crippen molar-refractivity contribution in [2.45, 2.75) is 18.4 Å². The van der Waals surface area contributed by atoms with E-state index in [2.05, 4.69) is 10.6 Å². The maximum atomic E-state index is 13.6. The van der Waals surface area contributed by atoms with Gasteiger partial charge >= 0.3 is 6.03 Å². The summed E-state index contributed by atoms with van der Waals surface area (Å²) < 4.78 is 13.6. The zero-order chi connectivity index (χ0) is 15.6. The lowest BCUT2D eigenvalue weighted by Crippen LogP contribution is -2.49. The molecule has 2 amide bonds. The lowest BCUT2D eigenvalue weighted by molar-refractivity contribution is 0.164. The van der Waals surface area contributed by atoms with Gasteiger partial charge in [-0.1, -0.05) is 36.4 Å². The first-order chi connectivity index (χ1) is 10.6. The first-order valence-corrected chi connectivity index (χ1v) is 7.17. The van der Waals surface area contributed by atoms with Crippen LogP contribution < -0.4 is 10.6 Å². The quantitative estimate of drug-likeness (QED) is 0.816. The van der Waals surface area contributed by atoms with E-state index in [0.717, 1.165) is 17.5 Å². The van der Waals surface area contributed by atoms with E-state index in [9.17, 15) is 14.3 Å². The average Bonchev–Trinajstić information content (AvgIpc) is 2.89. The molecule has 3 N–H and O–H groups in total. The zero-order valence-corrected chi connectivity index (χ0v) is 12.0. The first-order valence-electron chi connectivity index (χ1n) is 7.17. The molecule has 1 aliphatic rings. The normalized spacial score (nSPS) is 19.5. The van der Waals surface area contributed by atoms with Crippen molar-refractivity contribution >= 4 is 11.7 Å². The summed E-state index contributed by atoms with van der Waals surface area (Å²) in [5.41, 5.74) is 1.33. The molecule has 0 spiro atoms. The van der Waals surface area contributed by atoms with Crippen LogP contribution in [0.5, 0.6) is 0 Å². The summed E-state index contributed by atoms with van der Waals surface area (Å²) in [6.07, 6.45) is 1.41. The van der Waals surface area contributed by atoms with Gasteiger partial charge < -0.3 is 15.7 Å². The molecule has 0 radical (unpaired) electrons. The van der Waals surface area contributed by atoms with Gasteiger partial charge in [0.2, 0.25) is 0 Å². The van der Waals surface area contributed by atoms with Gasteiger partial charge in [0.05, 0.1) is 17.8 Å². The fourth-order valence-electron chi connectivity index (χ4n) is 2.95. The minimum absolute atomic E-state index is 0.111. The molecule has 4 nitrogen and oxygen atoms in total. The van der Waals surface area contributed by atoms with Gasteiger partial charge in [-0.05, 0) is 36.1 Å². The molecule has 5 heteroatoms. The molecule has 22 heavy (non-hydrogen) atoms. The van der Waals surface area contributed by atoms with Gasteiger partial charge in [0.1, 0.15) is 5.82 Å². The number of hydrogen-bond donors (Lipinski definition) is 3. The van der Waals surface area contributed by atoms with E-state index in [1.54, 1.807) is 12.1 Å². The van der Waals surface area contributed by atoms with E-state index in [1.807, 2.05) is 24.3 Å². The number of carbonyl (C=O) groups excluding carboxylic acids is 1. The molecular weight excluding hydrogens is 283 g/mol. The summed E-state index contributed by atoms with van der Waals surface area (Å²) in [7, 11) is 0. The molecule has 0 bridgehead atoms. The number of aryl methyl sites for hydroxylation is 1. The molecule has 1 atom stereocenters. The van der Waals surface area contributed by atoms with Crippen LogP contribution in [0.15, 0.2) is 48.5 Å². The van der Waals surface area contributed by atoms with Crippen LogP contribution >= 0.6 is 0 Å². The minimum Gasteiger partial charge on any atom is -0.394 e. The Kier molecular flexibility index (Phi) is 3.81. The monoisotopic (exact) mass is 300 g/mol. The topological polar surface area (TPSA) is 61.4 Å². The lowest BCUT2D eigenvalue weighted by atomic mass is 9.93. The van der Waals surface area contributed by atoms with Crippen LogP contribution in [0.1, 0.15) is 17.5 Å². The number of para-hydroxylation sites is 1. The third kappa shape index (κ3) is 2.55. The van der Waals surface area contributed by atoms with Gasteiger partial charge in [-0.25, -0.2) is 9.18 Å². The molecule has 0 fully saturated rings. The number of carbonyl (C=O) groups is 1. The summed E-state index contributed by atoms with van der Waals surface area (Å²) in [4.78, 5) is 12.2. The Balaban J connectivity index is 1.80. The highest BCUT2D eigenvalue weighted by Gasteiger charge is 2.39. The van der Waals surface area contributed by atoms with Gasteiger partial charge in [-0.3, -0.25) is 0 Å². The summed E-state index contributed by atoms with van der Waals surface area (Å²) in [5, 5.41) is 15.1. The molecule has 3 rings (SSSR count). The van der Waals surface area contributed by atoms with Gasteiger partial charge in [0.15, 0.2) is 0 Å². The maximum absolute atomic E-state index is 13.6. The molecule has 114 valence electrons. The number of nitrogens with one attached hydrogen (secondary N) is 2. The van der Waals surface area contributed by atoms with E-state index >= 15 is 0 Å². The van der Waals surface area contributed by atoms with Crippen molar-refractivity contribution in [2.24, 2.45) is 0 Å². The van der Waals surface area contributed by atoms with E-state index in [0.29, 0.717) is 6.42 Å². The first kappa shape index (κ1) is 14.5. The number of urea groups is 1. The molecule has 1 aliphatic carbocycles. The third-order valence-electron chi connectivity index (χ3n) is 4.10. The van der Waals surface area contributed by atoms with Crippen LogP contribution in [-0.2, 0) is 12.0 Å². The Morgan fingerprint density at radius 2 is 1.91 bits per heavy atom. The van der Waals surface area contributed by atoms with Crippen LogP contribution in [-0.4, -0.2) is 17.7 Å². The average molecular weight is 300 g/mol. The summed E-state index contributed by atoms with van der Waals surface area (Å²) in [5.74, 6) is -0.498. The molecule has 0 aliphatic heterocycles. The number of fused-ring (bicyclic) bond motifs is 1. The van der Waals surface area contributed by atoms with E-state index in [-0.39, 0.29) is 12.3 Å². The number of benzene rings is 2. The molecule has 2 aromatic rings. The van der Waals surface area contributed by atoms with Crippen molar-refractivity contribution < 1.29 is 14.3 Å². The number of aliphatic hydroxyl groups is 1. The van der Waals surface area contributed by atoms with Crippen LogP contribution in [0.3, 0.4) is 0 Å². The van der Waals surface area contributed by atoms with Crippen molar-refractivity contribution in [2.75, 3.05) is 11.9 Å². The highest BCUT2D eigenvalue weighted by Crippen LogP contribution is 2.36. The van der Waals surface area contributed by atoms with E-state index in [1.165, 1.54) is 12.1 Å². The fraction of sp³-hybridized carbons (Fsp3) is 0.235. The standard InChI is InChI=1S/C17H17FN2O2/c18-14-7-3-4-8-15(14)19-16(22)20-17(11-21)10-9-12-5-1-2-6-13(12)17/h1-8,21H,9-11H2,(H2,19,20,22). The van der Waals surface area contributed by atoms with Crippen molar-refractivity contribution in [3.05, 3.63) is 65.5 Å². The molecule has 1 unspecified atom stereocenters. The highest BCUT2D eigenvalue weighted by molar-refractivity contribution is 5.90. The number of anilines is 1. The van der Waals surface area contributed by atoms with Crippen LogP contribution in [0.4, 0.5) is 14.9 Å². The van der Waals surface area contributed by atoms with E-state index in [4.69, 9.17) is 0 Å².